The second kappa shape index (κ2) is 4.67. The lowest BCUT2D eigenvalue weighted by atomic mass is 9.64. The fourth-order valence-corrected chi connectivity index (χ4v) is 3.58. The highest BCUT2D eigenvalue weighted by atomic mass is 16.5. The highest BCUT2D eigenvalue weighted by Crippen LogP contribution is 2.44. The van der Waals surface area contributed by atoms with Gasteiger partial charge in [-0.1, -0.05) is 23.8 Å². The molecule has 2 saturated heterocycles. The van der Waals surface area contributed by atoms with Gasteiger partial charge in [0.05, 0.1) is 13.2 Å². The molecule has 1 aromatic rings. The van der Waals surface area contributed by atoms with Crippen LogP contribution in [0.2, 0.25) is 0 Å². The van der Waals surface area contributed by atoms with Crippen molar-refractivity contribution in [2.24, 2.45) is 5.92 Å². The van der Waals surface area contributed by atoms with E-state index in [2.05, 4.69) is 37.4 Å². The van der Waals surface area contributed by atoms with Crippen LogP contribution in [0.5, 0.6) is 0 Å². The lowest BCUT2D eigenvalue weighted by molar-refractivity contribution is -0.0966. The number of nitrogens with one attached hydrogen (secondary N) is 1. The molecular weight excluding hydrogens is 222 g/mol. The fraction of sp³-hybridized carbons (Fsp3) is 0.625. The number of piperidine rings is 1. The third-order valence-electron chi connectivity index (χ3n) is 4.77. The molecule has 0 atom stereocenters. The molecule has 1 N–H and O–H groups in total. The Balaban J connectivity index is 1.97. The van der Waals surface area contributed by atoms with Gasteiger partial charge in [-0.3, -0.25) is 0 Å². The van der Waals surface area contributed by atoms with Crippen LogP contribution < -0.4 is 5.32 Å². The van der Waals surface area contributed by atoms with Crippen molar-refractivity contribution in [3.8, 4) is 0 Å². The zero-order valence-corrected chi connectivity index (χ0v) is 11.5. The lowest BCUT2D eigenvalue weighted by Crippen LogP contribution is -2.55. The summed E-state index contributed by atoms with van der Waals surface area (Å²) in [6, 6.07) is 6.88. The van der Waals surface area contributed by atoms with Crippen molar-refractivity contribution in [2.75, 3.05) is 26.3 Å². The molecule has 1 aromatic carbocycles. The average Bonchev–Trinajstić information content (AvgIpc) is 2.34. The van der Waals surface area contributed by atoms with Crippen LogP contribution in [0.1, 0.15) is 29.5 Å². The summed E-state index contributed by atoms with van der Waals surface area (Å²) in [5, 5.41) is 3.47. The molecule has 2 heterocycles. The lowest BCUT2D eigenvalue weighted by Gasteiger charge is -2.50. The van der Waals surface area contributed by atoms with Crippen LogP contribution in [0.4, 0.5) is 0 Å². The van der Waals surface area contributed by atoms with Crippen LogP contribution in [-0.2, 0) is 10.2 Å². The minimum Gasteiger partial charge on any atom is -0.379 e. The van der Waals surface area contributed by atoms with Crippen LogP contribution in [-0.4, -0.2) is 26.3 Å². The third kappa shape index (κ3) is 1.88. The summed E-state index contributed by atoms with van der Waals surface area (Å²) in [4.78, 5) is 0. The van der Waals surface area contributed by atoms with E-state index >= 15 is 0 Å². The highest BCUT2D eigenvalue weighted by Gasteiger charge is 2.47. The van der Waals surface area contributed by atoms with Crippen molar-refractivity contribution in [3.63, 3.8) is 0 Å². The maximum Gasteiger partial charge on any atom is 0.0588 e. The summed E-state index contributed by atoms with van der Waals surface area (Å²) in [7, 11) is 0. The molecule has 0 unspecified atom stereocenters. The Hall–Kier alpha value is -0.860. The zero-order valence-electron chi connectivity index (χ0n) is 11.5. The first kappa shape index (κ1) is 12.2. The molecule has 18 heavy (non-hydrogen) atoms. The molecule has 98 valence electrons. The first-order valence-electron chi connectivity index (χ1n) is 7.08. The van der Waals surface area contributed by atoms with Crippen LogP contribution >= 0.6 is 0 Å². The van der Waals surface area contributed by atoms with Gasteiger partial charge in [0.25, 0.3) is 0 Å². The molecule has 0 bridgehead atoms. The number of hydrogen-bond donors (Lipinski definition) is 1. The Morgan fingerprint density at radius 1 is 1.17 bits per heavy atom. The van der Waals surface area contributed by atoms with E-state index in [0.29, 0.717) is 5.41 Å². The molecule has 3 rings (SSSR count). The molecular formula is C16H23NO. The first-order chi connectivity index (χ1) is 8.72. The van der Waals surface area contributed by atoms with Crippen molar-refractivity contribution in [2.45, 2.75) is 32.1 Å². The van der Waals surface area contributed by atoms with Crippen molar-refractivity contribution in [3.05, 3.63) is 34.9 Å². The monoisotopic (exact) mass is 245 g/mol. The number of rotatable bonds is 2. The average molecular weight is 245 g/mol. The Labute approximate surface area is 110 Å². The molecule has 0 aromatic heterocycles. The molecule has 0 radical (unpaired) electrons. The van der Waals surface area contributed by atoms with E-state index in [4.69, 9.17) is 4.74 Å². The smallest absolute Gasteiger partial charge is 0.0588 e. The summed E-state index contributed by atoms with van der Waals surface area (Å²) in [5.41, 5.74) is 4.65. The van der Waals surface area contributed by atoms with Gasteiger partial charge in [-0.2, -0.15) is 0 Å². The Morgan fingerprint density at radius 2 is 1.89 bits per heavy atom. The van der Waals surface area contributed by atoms with Gasteiger partial charge in [-0.15, -0.1) is 0 Å². The summed E-state index contributed by atoms with van der Waals surface area (Å²) >= 11 is 0. The van der Waals surface area contributed by atoms with E-state index in [1.807, 2.05) is 0 Å². The first-order valence-corrected chi connectivity index (χ1v) is 7.08. The number of aryl methyl sites for hydroxylation is 2. The van der Waals surface area contributed by atoms with Crippen LogP contribution in [0.3, 0.4) is 0 Å². The predicted octanol–water partition coefficient (Wildman–Crippen LogP) is 2.57. The highest BCUT2D eigenvalue weighted by molar-refractivity contribution is 5.39. The van der Waals surface area contributed by atoms with Crippen molar-refractivity contribution < 1.29 is 4.74 Å². The van der Waals surface area contributed by atoms with Gasteiger partial charge in [-0.25, -0.2) is 0 Å². The SMILES string of the molecule is Cc1ccc(C)c(C2(C3CCNCC3)COC2)c1. The minimum atomic E-state index is 0.304. The van der Waals surface area contributed by atoms with Crippen LogP contribution in [0, 0.1) is 19.8 Å². The third-order valence-corrected chi connectivity index (χ3v) is 4.77. The summed E-state index contributed by atoms with van der Waals surface area (Å²) in [6.07, 6.45) is 2.58. The van der Waals surface area contributed by atoms with Gasteiger partial charge in [0.15, 0.2) is 0 Å². The van der Waals surface area contributed by atoms with Crippen molar-refractivity contribution >= 4 is 0 Å². The van der Waals surface area contributed by atoms with Gasteiger partial charge in [0.2, 0.25) is 0 Å². The van der Waals surface area contributed by atoms with Crippen molar-refractivity contribution in [1.82, 2.24) is 5.32 Å². The maximum atomic E-state index is 5.62. The summed E-state index contributed by atoms with van der Waals surface area (Å²) in [6.45, 7) is 8.60. The molecule has 2 fully saturated rings. The number of benzene rings is 1. The Kier molecular flexibility index (Phi) is 3.16. The minimum absolute atomic E-state index is 0.304. The molecule has 0 spiro atoms. The van der Waals surface area contributed by atoms with E-state index in [9.17, 15) is 0 Å². The van der Waals surface area contributed by atoms with E-state index in [0.717, 1.165) is 32.2 Å². The van der Waals surface area contributed by atoms with E-state index in [1.165, 1.54) is 24.0 Å². The molecule has 0 aliphatic carbocycles. The van der Waals surface area contributed by atoms with Gasteiger partial charge in [0.1, 0.15) is 0 Å². The standard InChI is InChI=1S/C16H23NO/c1-12-3-4-13(2)15(9-12)16(10-18-11-16)14-5-7-17-8-6-14/h3-4,9,14,17H,5-8,10-11H2,1-2H3. The van der Waals surface area contributed by atoms with Crippen LogP contribution in [0.25, 0.3) is 0 Å². The van der Waals surface area contributed by atoms with Crippen molar-refractivity contribution in [1.29, 1.82) is 0 Å². The molecule has 2 heteroatoms. The molecule has 0 saturated carbocycles. The molecule has 2 nitrogen and oxygen atoms in total. The van der Waals surface area contributed by atoms with Gasteiger partial charge >= 0.3 is 0 Å². The van der Waals surface area contributed by atoms with Crippen LogP contribution in [0.15, 0.2) is 18.2 Å². The largest absolute Gasteiger partial charge is 0.379 e. The Bertz CT molecular complexity index is 431. The normalized spacial score (nSPS) is 23.7. The molecule has 0 amide bonds. The van der Waals surface area contributed by atoms with Gasteiger partial charge in [0, 0.05) is 5.41 Å². The topological polar surface area (TPSA) is 21.3 Å². The second-order valence-electron chi connectivity index (χ2n) is 5.99. The Morgan fingerprint density at radius 3 is 2.50 bits per heavy atom. The number of hydrogen-bond acceptors (Lipinski definition) is 2. The quantitative estimate of drug-likeness (QED) is 0.864. The summed E-state index contributed by atoms with van der Waals surface area (Å²) in [5.74, 6) is 0.785. The van der Waals surface area contributed by atoms with E-state index < -0.39 is 0 Å². The predicted molar refractivity (Wildman–Crippen MR) is 74.0 cm³/mol. The molecule has 2 aliphatic heterocycles. The summed E-state index contributed by atoms with van der Waals surface area (Å²) < 4.78 is 5.62. The zero-order chi connectivity index (χ0) is 12.6. The van der Waals surface area contributed by atoms with Gasteiger partial charge in [-0.05, 0) is 56.8 Å². The van der Waals surface area contributed by atoms with E-state index in [-0.39, 0.29) is 0 Å². The number of ether oxygens (including phenoxy) is 1. The fourth-order valence-electron chi connectivity index (χ4n) is 3.58. The second-order valence-corrected chi connectivity index (χ2v) is 5.99. The van der Waals surface area contributed by atoms with Gasteiger partial charge < -0.3 is 10.1 Å². The van der Waals surface area contributed by atoms with E-state index in [1.54, 1.807) is 5.56 Å². The molecule has 2 aliphatic rings. The maximum absolute atomic E-state index is 5.62.